The Morgan fingerprint density at radius 1 is 1.07 bits per heavy atom. The van der Waals surface area contributed by atoms with E-state index in [1.165, 1.54) is 0 Å². The molecule has 0 spiro atoms. The number of carbonyl (C=O) groups is 1. The lowest BCUT2D eigenvalue weighted by Gasteiger charge is -2.10. The second-order valence-corrected chi connectivity index (χ2v) is 7.04. The molecule has 2 aromatic carbocycles. The molecule has 2 N–H and O–H groups in total. The third-order valence-corrected chi connectivity index (χ3v) is 4.78. The summed E-state index contributed by atoms with van der Waals surface area (Å²) in [6.07, 6.45) is 3.65. The van der Waals surface area contributed by atoms with Gasteiger partial charge in [-0.15, -0.1) is 0 Å². The minimum atomic E-state index is -0.124. The van der Waals surface area contributed by atoms with E-state index >= 15 is 0 Å². The Labute approximate surface area is 178 Å². The van der Waals surface area contributed by atoms with E-state index in [1.54, 1.807) is 35.3 Å². The van der Waals surface area contributed by atoms with E-state index in [2.05, 4.69) is 25.7 Å². The molecule has 0 unspecified atom stereocenters. The Morgan fingerprint density at radius 2 is 1.90 bits per heavy atom. The maximum atomic E-state index is 12.3. The highest BCUT2D eigenvalue weighted by Gasteiger charge is 2.10. The first kappa shape index (κ1) is 19.6. The molecule has 0 atom stereocenters. The van der Waals surface area contributed by atoms with Crippen molar-refractivity contribution in [3.63, 3.8) is 0 Å². The average Bonchev–Trinajstić information content (AvgIpc) is 3.15. The Balaban J connectivity index is 1.48. The summed E-state index contributed by atoms with van der Waals surface area (Å²) in [4.78, 5) is 21.1. The van der Waals surface area contributed by atoms with Crippen molar-refractivity contribution in [2.75, 3.05) is 10.6 Å². The molecule has 4 rings (SSSR count). The standard InChI is InChI=1S/C22H19ClN6O/c1-29-20(10-12-25-29)28-22-24-11-9-18(27-22)16-7-8-19(17(23)14-16)26-21(30)13-15-5-3-2-4-6-15/h2-12,14H,13H2,1H3,(H,26,30)(H,24,27,28). The van der Waals surface area contributed by atoms with Crippen LogP contribution in [0, 0.1) is 0 Å². The van der Waals surface area contributed by atoms with Gasteiger partial charge in [0, 0.05) is 24.9 Å². The van der Waals surface area contributed by atoms with Gasteiger partial charge in [0.25, 0.3) is 0 Å². The number of hydrogen-bond donors (Lipinski definition) is 2. The molecule has 0 bridgehead atoms. The molecule has 0 fully saturated rings. The lowest BCUT2D eigenvalue weighted by atomic mass is 10.1. The molecule has 0 aliphatic rings. The molecule has 30 heavy (non-hydrogen) atoms. The van der Waals surface area contributed by atoms with E-state index in [0.717, 1.165) is 16.9 Å². The number of amides is 1. The average molecular weight is 419 g/mol. The van der Waals surface area contributed by atoms with Crippen molar-refractivity contribution in [1.29, 1.82) is 0 Å². The number of nitrogens with one attached hydrogen (secondary N) is 2. The van der Waals surface area contributed by atoms with Crippen LogP contribution in [0.4, 0.5) is 17.5 Å². The molecule has 0 aliphatic carbocycles. The predicted molar refractivity (Wildman–Crippen MR) is 118 cm³/mol. The monoisotopic (exact) mass is 418 g/mol. The van der Waals surface area contributed by atoms with Gasteiger partial charge in [0.15, 0.2) is 0 Å². The van der Waals surface area contributed by atoms with Crippen molar-refractivity contribution >= 4 is 35.0 Å². The van der Waals surface area contributed by atoms with Crippen LogP contribution in [-0.2, 0) is 18.3 Å². The number of aryl methyl sites for hydroxylation is 1. The highest BCUT2D eigenvalue weighted by Crippen LogP contribution is 2.28. The molecule has 0 saturated heterocycles. The van der Waals surface area contributed by atoms with Crippen molar-refractivity contribution in [1.82, 2.24) is 19.7 Å². The number of rotatable bonds is 6. The second-order valence-electron chi connectivity index (χ2n) is 6.64. The summed E-state index contributed by atoms with van der Waals surface area (Å²) in [5.41, 5.74) is 3.02. The number of nitrogens with zero attached hydrogens (tertiary/aromatic N) is 4. The van der Waals surface area contributed by atoms with Crippen molar-refractivity contribution in [3.05, 3.63) is 83.6 Å². The largest absolute Gasteiger partial charge is 0.324 e. The molecule has 0 saturated carbocycles. The molecule has 7 nitrogen and oxygen atoms in total. The number of benzene rings is 2. The second kappa shape index (κ2) is 8.75. The summed E-state index contributed by atoms with van der Waals surface area (Å²) in [7, 11) is 1.83. The van der Waals surface area contributed by atoms with E-state index in [4.69, 9.17) is 11.6 Å². The lowest BCUT2D eigenvalue weighted by molar-refractivity contribution is -0.115. The van der Waals surface area contributed by atoms with Crippen LogP contribution in [0.25, 0.3) is 11.3 Å². The molecular formula is C22H19ClN6O. The van der Waals surface area contributed by atoms with Gasteiger partial charge in [-0.2, -0.15) is 5.10 Å². The van der Waals surface area contributed by atoms with E-state index in [-0.39, 0.29) is 12.3 Å². The Hall–Kier alpha value is -3.71. The van der Waals surface area contributed by atoms with Crippen LogP contribution in [0.5, 0.6) is 0 Å². The maximum Gasteiger partial charge on any atom is 0.228 e. The molecule has 0 radical (unpaired) electrons. The minimum absolute atomic E-state index is 0.124. The smallest absolute Gasteiger partial charge is 0.228 e. The molecule has 2 aromatic heterocycles. The van der Waals surface area contributed by atoms with Crippen LogP contribution in [0.2, 0.25) is 5.02 Å². The number of halogens is 1. The Morgan fingerprint density at radius 3 is 2.63 bits per heavy atom. The van der Waals surface area contributed by atoms with Crippen LogP contribution in [-0.4, -0.2) is 25.7 Å². The van der Waals surface area contributed by atoms with Crippen molar-refractivity contribution < 1.29 is 4.79 Å². The first-order valence-corrected chi connectivity index (χ1v) is 9.68. The Kier molecular flexibility index (Phi) is 5.72. The van der Waals surface area contributed by atoms with Crippen molar-refractivity contribution in [2.45, 2.75) is 6.42 Å². The number of carbonyl (C=O) groups excluding carboxylic acids is 1. The summed E-state index contributed by atoms with van der Waals surface area (Å²) in [5.74, 6) is 1.11. The molecule has 1 amide bonds. The van der Waals surface area contributed by atoms with E-state index in [9.17, 15) is 4.79 Å². The van der Waals surface area contributed by atoms with Gasteiger partial charge in [-0.25, -0.2) is 9.97 Å². The van der Waals surface area contributed by atoms with Crippen LogP contribution in [0.1, 0.15) is 5.56 Å². The first-order valence-electron chi connectivity index (χ1n) is 9.30. The number of anilines is 3. The third-order valence-electron chi connectivity index (χ3n) is 4.46. The normalized spacial score (nSPS) is 10.6. The fourth-order valence-corrected chi connectivity index (χ4v) is 3.17. The van der Waals surface area contributed by atoms with Crippen LogP contribution in [0.15, 0.2) is 73.1 Å². The van der Waals surface area contributed by atoms with E-state index < -0.39 is 0 Å². The fourth-order valence-electron chi connectivity index (χ4n) is 2.94. The van der Waals surface area contributed by atoms with Gasteiger partial charge >= 0.3 is 0 Å². The summed E-state index contributed by atoms with van der Waals surface area (Å²) >= 11 is 6.42. The molecule has 2 heterocycles. The fraction of sp³-hybridized carbons (Fsp3) is 0.0909. The van der Waals surface area contributed by atoms with E-state index in [0.29, 0.717) is 22.4 Å². The molecule has 0 aliphatic heterocycles. The van der Waals surface area contributed by atoms with Crippen molar-refractivity contribution in [2.24, 2.45) is 7.05 Å². The summed E-state index contributed by atoms with van der Waals surface area (Å²) in [6.45, 7) is 0. The van der Waals surface area contributed by atoms with Crippen LogP contribution >= 0.6 is 11.6 Å². The zero-order valence-electron chi connectivity index (χ0n) is 16.2. The zero-order valence-corrected chi connectivity index (χ0v) is 17.0. The summed E-state index contributed by atoms with van der Waals surface area (Å²) < 4.78 is 1.69. The SMILES string of the molecule is Cn1nccc1Nc1nccc(-c2ccc(NC(=O)Cc3ccccc3)c(Cl)c2)n1. The minimum Gasteiger partial charge on any atom is -0.324 e. The van der Waals surface area contributed by atoms with E-state index in [1.807, 2.05) is 49.5 Å². The predicted octanol–water partition coefficient (Wildman–Crippen LogP) is 4.46. The molecule has 8 heteroatoms. The van der Waals surface area contributed by atoms with Gasteiger partial charge in [0.05, 0.1) is 29.0 Å². The van der Waals surface area contributed by atoms with Gasteiger partial charge in [0.1, 0.15) is 5.82 Å². The molecular weight excluding hydrogens is 400 g/mol. The molecule has 150 valence electrons. The zero-order chi connectivity index (χ0) is 20.9. The Bertz CT molecular complexity index is 1180. The van der Waals surface area contributed by atoms with Gasteiger partial charge in [-0.3, -0.25) is 9.48 Å². The van der Waals surface area contributed by atoms with Gasteiger partial charge in [-0.05, 0) is 23.8 Å². The van der Waals surface area contributed by atoms with Crippen LogP contribution in [0.3, 0.4) is 0 Å². The topological polar surface area (TPSA) is 84.7 Å². The highest BCUT2D eigenvalue weighted by atomic mass is 35.5. The summed E-state index contributed by atoms with van der Waals surface area (Å²) in [6, 6.07) is 18.6. The highest BCUT2D eigenvalue weighted by molar-refractivity contribution is 6.34. The van der Waals surface area contributed by atoms with Crippen LogP contribution < -0.4 is 10.6 Å². The first-order chi connectivity index (χ1) is 14.6. The van der Waals surface area contributed by atoms with Gasteiger partial charge < -0.3 is 10.6 Å². The lowest BCUT2D eigenvalue weighted by Crippen LogP contribution is -2.14. The maximum absolute atomic E-state index is 12.3. The van der Waals surface area contributed by atoms with Gasteiger partial charge in [-0.1, -0.05) is 48.0 Å². The summed E-state index contributed by atoms with van der Waals surface area (Å²) in [5, 5.41) is 10.5. The number of aromatic nitrogens is 4. The van der Waals surface area contributed by atoms with Crippen molar-refractivity contribution in [3.8, 4) is 11.3 Å². The molecule has 4 aromatic rings. The number of hydrogen-bond acceptors (Lipinski definition) is 5. The quantitative estimate of drug-likeness (QED) is 0.483. The third kappa shape index (κ3) is 4.64. The van der Waals surface area contributed by atoms with Gasteiger partial charge in [0.2, 0.25) is 11.9 Å².